The molecule has 0 saturated carbocycles. The van der Waals surface area contributed by atoms with E-state index in [0.29, 0.717) is 11.8 Å². The van der Waals surface area contributed by atoms with E-state index in [4.69, 9.17) is 0 Å². The van der Waals surface area contributed by atoms with E-state index in [2.05, 4.69) is 34.8 Å². The monoisotopic (exact) mass is 390 g/mol. The van der Waals surface area contributed by atoms with Crippen LogP contribution in [0, 0.1) is 6.92 Å². The first-order chi connectivity index (χ1) is 10.7. The van der Waals surface area contributed by atoms with Gasteiger partial charge in [-0.1, -0.05) is 6.07 Å². The normalized spacial score (nSPS) is 17.0. The number of aromatic nitrogens is 2. The summed E-state index contributed by atoms with van der Waals surface area (Å²) >= 11 is 1.61. The van der Waals surface area contributed by atoms with Crippen molar-refractivity contribution in [2.45, 2.75) is 31.6 Å². The maximum atomic E-state index is 11.9. The van der Waals surface area contributed by atoms with Crippen molar-refractivity contribution in [1.29, 1.82) is 0 Å². The molecular formula is C16H24Cl2N4OS. The van der Waals surface area contributed by atoms with Crippen LogP contribution in [0.25, 0.3) is 5.65 Å². The van der Waals surface area contributed by atoms with Crippen LogP contribution in [-0.4, -0.2) is 40.2 Å². The van der Waals surface area contributed by atoms with Crippen molar-refractivity contribution in [2.24, 2.45) is 0 Å². The number of nitrogens with zero attached hydrogens (tertiary/aromatic N) is 2. The van der Waals surface area contributed by atoms with Gasteiger partial charge < -0.3 is 15.0 Å². The van der Waals surface area contributed by atoms with Crippen molar-refractivity contribution in [1.82, 2.24) is 20.0 Å². The van der Waals surface area contributed by atoms with Gasteiger partial charge in [-0.15, -0.1) is 36.6 Å². The van der Waals surface area contributed by atoms with Crippen molar-refractivity contribution in [3.05, 3.63) is 35.8 Å². The number of thioether (sulfide) groups is 1. The molecule has 5 nitrogen and oxygen atoms in total. The molecule has 0 aliphatic carbocycles. The lowest BCUT2D eigenvalue weighted by Gasteiger charge is -2.23. The van der Waals surface area contributed by atoms with Crippen LogP contribution in [0.4, 0.5) is 0 Å². The molecule has 1 amide bonds. The molecule has 3 rings (SSSR count). The van der Waals surface area contributed by atoms with Gasteiger partial charge in [0.1, 0.15) is 5.65 Å². The molecule has 0 aromatic carbocycles. The van der Waals surface area contributed by atoms with Crippen LogP contribution in [0.15, 0.2) is 24.5 Å². The van der Waals surface area contributed by atoms with E-state index >= 15 is 0 Å². The third-order valence-electron chi connectivity index (χ3n) is 3.79. The number of rotatable bonds is 5. The Labute approximate surface area is 159 Å². The highest BCUT2D eigenvalue weighted by atomic mass is 35.5. The topological polar surface area (TPSA) is 58.4 Å². The summed E-state index contributed by atoms with van der Waals surface area (Å²) in [6, 6.07) is 4.37. The Hall–Kier alpha value is -0.950. The molecule has 2 aromatic rings. The van der Waals surface area contributed by atoms with Crippen LogP contribution in [-0.2, 0) is 10.5 Å². The first kappa shape index (κ1) is 21.1. The summed E-state index contributed by atoms with van der Waals surface area (Å²) in [6.45, 7) is 4.02. The molecule has 1 unspecified atom stereocenters. The molecule has 1 aliphatic rings. The molecular weight excluding hydrogens is 367 g/mol. The number of amides is 1. The molecule has 3 heterocycles. The minimum atomic E-state index is 0. The van der Waals surface area contributed by atoms with Crippen molar-refractivity contribution in [2.75, 3.05) is 18.8 Å². The second-order valence-corrected chi connectivity index (χ2v) is 6.79. The van der Waals surface area contributed by atoms with Gasteiger partial charge in [-0.05, 0) is 37.9 Å². The molecule has 0 radical (unpaired) electrons. The quantitative estimate of drug-likeness (QED) is 0.823. The molecule has 1 atom stereocenters. The smallest absolute Gasteiger partial charge is 0.230 e. The fraction of sp³-hybridized carbons (Fsp3) is 0.500. The Morgan fingerprint density at radius 2 is 2.25 bits per heavy atom. The van der Waals surface area contributed by atoms with E-state index < -0.39 is 0 Å². The first-order valence-electron chi connectivity index (χ1n) is 7.73. The lowest BCUT2D eigenvalue weighted by Crippen LogP contribution is -2.46. The molecule has 1 saturated heterocycles. The van der Waals surface area contributed by atoms with Gasteiger partial charge in [0.25, 0.3) is 0 Å². The average molecular weight is 391 g/mol. The van der Waals surface area contributed by atoms with Gasteiger partial charge in [0.2, 0.25) is 5.91 Å². The predicted molar refractivity (Wildman–Crippen MR) is 105 cm³/mol. The molecule has 1 aliphatic heterocycles. The number of imidazole rings is 1. The Kier molecular flexibility index (Phi) is 8.91. The number of pyridine rings is 1. The number of halogens is 2. The molecule has 24 heavy (non-hydrogen) atoms. The van der Waals surface area contributed by atoms with Gasteiger partial charge in [0.15, 0.2) is 0 Å². The Morgan fingerprint density at radius 3 is 3.00 bits per heavy atom. The maximum Gasteiger partial charge on any atom is 0.230 e. The van der Waals surface area contributed by atoms with Gasteiger partial charge in [0, 0.05) is 30.7 Å². The number of piperidine rings is 1. The van der Waals surface area contributed by atoms with Gasteiger partial charge in [-0.3, -0.25) is 4.79 Å². The van der Waals surface area contributed by atoms with Crippen LogP contribution < -0.4 is 10.6 Å². The van der Waals surface area contributed by atoms with Gasteiger partial charge in [-0.25, -0.2) is 4.98 Å². The lowest BCUT2D eigenvalue weighted by atomic mass is 10.1. The van der Waals surface area contributed by atoms with Gasteiger partial charge in [-0.2, -0.15) is 0 Å². The highest BCUT2D eigenvalue weighted by Crippen LogP contribution is 2.14. The molecule has 0 bridgehead atoms. The molecule has 2 aromatic heterocycles. The summed E-state index contributed by atoms with van der Waals surface area (Å²) in [6.07, 6.45) is 6.32. The second kappa shape index (κ2) is 10.1. The van der Waals surface area contributed by atoms with Crippen molar-refractivity contribution in [3.8, 4) is 0 Å². The maximum absolute atomic E-state index is 11.9. The van der Waals surface area contributed by atoms with Crippen molar-refractivity contribution in [3.63, 3.8) is 0 Å². The van der Waals surface area contributed by atoms with E-state index in [-0.39, 0.29) is 30.7 Å². The molecule has 8 heteroatoms. The zero-order valence-corrected chi connectivity index (χ0v) is 16.1. The summed E-state index contributed by atoms with van der Waals surface area (Å²) < 4.78 is 2.04. The number of aryl methyl sites for hydroxylation is 1. The Bertz CT molecular complexity index is 659. The molecule has 2 N–H and O–H groups in total. The Balaban J connectivity index is 0.00000144. The fourth-order valence-electron chi connectivity index (χ4n) is 2.72. The van der Waals surface area contributed by atoms with E-state index in [1.165, 1.54) is 5.56 Å². The second-order valence-electron chi connectivity index (χ2n) is 5.81. The minimum absolute atomic E-state index is 0. The summed E-state index contributed by atoms with van der Waals surface area (Å²) in [5.41, 5.74) is 3.19. The summed E-state index contributed by atoms with van der Waals surface area (Å²) in [5.74, 6) is 1.37. The number of hydrogen-bond donors (Lipinski definition) is 2. The highest BCUT2D eigenvalue weighted by Gasteiger charge is 2.15. The Morgan fingerprint density at radius 1 is 1.42 bits per heavy atom. The van der Waals surface area contributed by atoms with Crippen LogP contribution in [0.3, 0.4) is 0 Å². The summed E-state index contributed by atoms with van der Waals surface area (Å²) in [5, 5.41) is 6.40. The standard InChI is InChI=1S/C16H22N4OS.2ClH/c1-12-4-5-15-18-14(9-20(15)8-12)10-22-11-16(21)19-13-3-2-6-17-7-13;;/h4-5,8-9,13,17H,2-3,6-7,10-11H2,1H3,(H,19,21);2*1H. The van der Waals surface area contributed by atoms with Crippen molar-refractivity contribution >= 4 is 48.1 Å². The minimum Gasteiger partial charge on any atom is -0.351 e. The van der Waals surface area contributed by atoms with E-state index in [1.54, 1.807) is 11.8 Å². The van der Waals surface area contributed by atoms with E-state index in [1.807, 2.05) is 16.7 Å². The number of carbonyl (C=O) groups excluding carboxylic acids is 1. The van der Waals surface area contributed by atoms with Gasteiger partial charge >= 0.3 is 0 Å². The third kappa shape index (κ3) is 5.84. The van der Waals surface area contributed by atoms with Crippen LogP contribution in [0.2, 0.25) is 0 Å². The van der Waals surface area contributed by atoms with Crippen LogP contribution in [0.5, 0.6) is 0 Å². The van der Waals surface area contributed by atoms with Crippen LogP contribution >= 0.6 is 36.6 Å². The molecule has 134 valence electrons. The number of hydrogen-bond acceptors (Lipinski definition) is 4. The number of carbonyl (C=O) groups is 1. The summed E-state index contributed by atoms with van der Waals surface area (Å²) in [7, 11) is 0. The number of fused-ring (bicyclic) bond motifs is 1. The SMILES string of the molecule is Cc1ccc2nc(CSCC(=O)NC3CCCNC3)cn2c1.Cl.Cl. The largest absolute Gasteiger partial charge is 0.351 e. The molecule has 1 fully saturated rings. The van der Waals surface area contributed by atoms with E-state index in [0.717, 1.165) is 43.0 Å². The summed E-state index contributed by atoms with van der Waals surface area (Å²) in [4.78, 5) is 16.5. The zero-order chi connectivity index (χ0) is 15.4. The van der Waals surface area contributed by atoms with Crippen molar-refractivity contribution < 1.29 is 4.79 Å². The fourth-order valence-corrected chi connectivity index (χ4v) is 3.44. The highest BCUT2D eigenvalue weighted by molar-refractivity contribution is 7.99. The zero-order valence-electron chi connectivity index (χ0n) is 13.7. The van der Waals surface area contributed by atoms with E-state index in [9.17, 15) is 4.79 Å². The predicted octanol–water partition coefficient (Wildman–Crippen LogP) is 2.59. The van der Waals surface area contributed by atoms with Crippen LogP contribution in [0.1, 0.15) is 24.1 Å². The lowest BCUT2D eigenvalue weighted by molar-refractivity contribution is -0.119. The molecule has 0 spiro atoms. The first-order valence-corrected chi connectivity index (χ1v) is 8.88. The average Bonchev–Trinajstić information content (AvgIpc) is 2.90. The number of nitrogens with one attached hydrogen (secondary N) is 2. The van der Waals surface area contributed by atoms with Gasteiger partial charge in [0.05, 0.1) is 11.4 Å². The third-order valence-corrected chi connectivity index (χ3v) is 4.76.